The van der Waals surface area contributed by atoms with Gasteiger partial charge in [0.1, 0.15) is 0 Å². The lowest BCUT2D eigenvalue weighted by molar-refractivity contribution is 0.0697. The molecule has 0 aliphatic heterocycles. The molecule has 0 saturated carbocycles. The molecule has 14 heavy (non-hydrogen) atoms. The van der Waals surface area contributed by atoms with E-state index in [0.717, 1.165) is 18.4 Å². The summed E-state index contributed by atoms with van der Waals surface area (Å²) < 4.78 is 0. The van der Waals surface area contributed by atoms with Crippen molar-refractivity contribution in [2.75, 3.05) is 0 Å². The topological polar surface area (TPSA) is 37.3 Å². The fourth-order valence-electron chi connectivity index (χ4n) is 1.12. The van der Waals surface area contributed by atoms with E-state index in [-0.39, 0.29) is 0 Å². The average molecular weight is 190 g/mol. The van der Waals surface area contributed by atoms with Gasteiger partial charge in [0.25, 0.3) is 0 Å². The van der Waals surface area contributed by atoms with E-state index in [1.165, 1.54) is 0 Å². The van der Waals surface area contributed by atoms with Crippen LogP contribution in [0.2, 0.25) is 0 Å². The highest BCUT2D eigenvalue weighted by Crippen LogP contribution is 2.07. The van der Waals surface area contributed by atoms with Gasteiger partial charge in [-0.15, -0.1) is 0 Å². The molecular formula is C12H14O2. The van der Waals surface area contributed by atoms with Crippen LogP contribution in [0.25, 0.3) is 6.08 Å². The second kappa shape index (κ2) is 5.22. The van der Waals surface area contributed by atoms with Crippen LogP contribution in [0.15, 0.2) is 30.3 Å². The summed E-state index contributed by atoms with van der Waals surface area (Å²) >= 11 is 0. The monoisotopic (exact) mass is 190 g/mol. The van der Waals surface area contributed by atoms with Crippen LogP contribution in [0, 0.1) is 0 Å². The zero-order valence-electron chi connectivity index (χ0n) is 8.23. The zero-order chi connectivity index (χ0) is 10.4. The largest absolute Gasteiger partial charge is 0.478 e. The summed E-state index contributed by atoms with van der Waals surface area (Å²) in [5.74, 6) is -0.880. The number of benzene rings is 1. The molecule has 1 aromatic rings. The highest BCUT2D eigenvalue weighted by atomic mass is 16.4. The second-order valence-corrected chi connectivity index (χ2v) is 3.12. The number of carbonyl (C=O) groups is 1. The van der Waals surface area contributed by atoms with Crippen molar-refractivity contribution in [1.82, 2.24) is 0 Å². The van der Waals surface area contributed by atoms with Gasteiger partial charge in [-0.1, -0.05) is 37.6 Å². The van der Waals surface area contributed by atoms with Crippen LogP contribution >= 0.6 is 0 Å². The molecule has 0 fully saturated rings. The van der Waals surface area contributed by atoms with Gasteiger partial charge in [-0.25, -0.2) is 4.79 Å². The van der Waals surface area contributed by atoms with Gasteiger partial charge < -0.3 is 5.11 Å². The Morgan fingerprint density at radius 3 is 2.50 bits per heavy atom. The van der Waals surface area contributed by atoms with E-state index >= 15 is 0 Å². The van der Waals surface area contributed by atoms with Crippen LogP contribution in [0.4, 0.5) is 0 Å². The molecule has 0 aromatic heterocycles. The summed E-state index contributed by atoms with van der Waals surface area (Å²) in [4.78, 5) is 10.6. The molecule has 0 heterocycles. The highest BCUT2D eigenvalue weighted by molar-refractivity contribution is 5.87. The zero-order valence-corrected chi connectivity index (χ0v) is 8.23. The number of carboxylic acid groups (broad SMARTS) is 1. The predicted octanol–water partition coefficient (Wildman–Crippen LogP) is 3.20. The minimum Gasteiger partial charge on any atom is -0.478 e. The number of carboxylic acids is 1. The quantitative estimate of drug-likeness (QED) is 0.791. The molecule has 0 unspecified atom stereocenters. The third kappa shape index (κ3) is 3.05. The Morgan fingerprint density at radius 1 is 1.36 bits per heavy atom. The maximum absolute atomic E-state index is 10.6. The van der Waals surface area contributed by atoms with E-state index in [1.54, 1.807) is 12.1 Å². The van der Waals surface area contributed by atoms with E-state index in [1.807, 2.05) is 18.2 Å². The molecule has 0 amide bonds. The molecule has 0 aliphatic rings. The van der Waals surface area contributed by atoms with Gasteiger partial charge in [-0.2, -0.15) is 0 Å². The fourth-order valence-corrected chi connectivity index (χ4v) is 1.12. The van der Waals surface area contributed by atoms with Gasteiger partial charge in [0, 0.05) is 0 Å². The van der Waals surface area contributed by atoms with Gasteiger partial charge in [0.15, 0.2) is 0 Å². The van der Waals surface area contributed by atoms with Crippen LogP contribution in [0.1, 0.15) is 35.7 Å². The first-order valence-corrected chi connectivity index (χ1v) is 4.74. The maximum atomic E-state index is 10.6. The maximum Gasteiger partial charge on any atom is 0.335 e. The van der Waals surface area contributed by atoms with Crippen molar-refractivity contribution in [3.63, 3.8) is 0 Å². The van der Waals surface area contributed by atoms with Crippen molar-refractivity contribution in [2.24, 2.45) is 0 Å². The molecule has 74 valence electrons. The first kappa shape index (κ1) is 10.5. The molecule has 0 spiro atoms. The number of allylic oxidation sites excluding steroid dienone is 1. The van der Waals surface area contributed by atoms with Crippen LogP contribution in [-0.4, -0.2) is 11.1 Å². The fraction of sp³-hybridized carbons (Fsp3) is 0.250. The number of hydrogen-bond acceptors (Lipinski definition) is 1. The van der Waals surface area contributed by atoms with E-state index < -0.39 is 5.97 Å². The van der Waals surface area contributed by atoms with E-state index in [9.17, 15) is 4.79 Å². The standard InChI is InChI=1S/C12H14O2/c1-2-3-4-5-10-6-8-11(9-7-10)12(13)14/h4-9H,2-3H2,1H3,(H,13,14). The minimum absolute atomic E-state index is 0.331. The molecule has 1 aromatic carbocycles. The summed E-state index contributed by atoms with van der Waals surface area (Å²) in [6.07, 6.45) is 6.29. The first-order chi connectivity index (χ1) is 6.74. The molecule has 2 nitrogen and oxygen atoms in total. The Morgan fingerprint density at radius 2 is 2.00 bits per heavy atom. The number of hydrogen-bond donors (Lipinski definition) is 1. The number of unbranched alkanes of at least 4 members (excludes halogenated alkanes) is 1. The molecule has 2 heteroatoms. The molecule has 1 rings (SSSR count). The Kier molecular flexibility index (Phi) is 3.92. The van der Waals surface area contributed by atoms with E-state index in [4.69, 9.17) is 5.11 Å². The Balaban J connectivity index is 2.68. The van der Waals surface area contributed by atoms with Crippen molar-refractivity contribution < 1.29 is 9.90 Å². The molecular weight excluding hydrogens is 176 g/mol. The summed E-state index contributed by atoms with van der Waals surface area (Å²) in [5, 5.41) is 8.67. The first-order valence-electron chi connectivity index (χ1n) is 4.74. The third-order valence-electron chi connectivity index (χ3n) is 1.92. The summed E-state index contributed by atoms with van der Waals surface area (Å²) in [6.45, 7) is 2.12. The van der Waals surface area contributed by atoms with Gasteiger partial charge >= 0.3 is 5.97 Å². The number of rotatable bonds is 4. The SMILES string of the molecule is CCCC=Cc1ccc(C(=O)O)cc1. The summed E-state index contributed by atoms with van der Waals surface area (Å²) in [5.41, 5.74) is 1.38. The van der Waals surface area contributed by atoms with Crippen LogP contribution in [-0.2, 0) is 0 Å². The molecule has 0 radical (unpaired) electrons. The molecule has 1 N–H and O–H groups in total. The lowest BCUT2D eigenvalue weighted by Crippen LogP contribution is -1.94. The second-order valence-electron chi connectivity index (χ2n) is 3.12. The third-order valence-corrected chi connectivity index (χ3v) is 1.92. The molecule has 0 bridgehead atoms. The minimum atomic E-state index is -0.880. The normalized spacial score (nSPS) is 10.6. The van der Waals surface area contributed by atoms with Crippen molar-refractivity contribution in [3.8, 4) is 0 Å². The average Bonchev–Trinajstić information content (AvgIpc) is 2.19. The Bertz CT molecular complexity index is 323. The predicted molar refractivity (Wildman–Crippen MR) is 57.3 cm³/mol. The van der Waals surface area contributed by atoms with Gasteiger partial charge in [0.2, 0.25) is 0 Å². The van der Waals surface area contributed by atoms with Gasteiger partial charge in [-0.05, 0) is 24.1 Å². The van der Waals surface area contributed by atoms with Crippen LogP contribution in [0.3, 0.4) is 0 Å². The van der Waals surface area contributed by atoms with Crippen LogP contribution < -0.4 is 0 Å². The van der Waals surface area contributed by atoms with E-state index in [0.29, 0.717) is 5.56 Å². The number of aromatic carboxylic acids is 1. The Labute approximate surface area is 83.9 Å². The van der Waals surface area contributed by atoms with Gasteiger partial charge in [0.05, 0.1) is 5.56 Å². The molecule has 0 aliphatic carbocycles. The molecule has 0 saturated heterocycles. The van der Waals surface area contributed by atoms with Crippen LogP contribution in [0.5, 0.6) is 0 Å². The van der Waals surface area contributed by atoms with Crippen molar-refractivity contribution >= 4 is 12.0 Å². The van der Waals surface area contributed by atoms with Crippen molar-refractivity contribution in [2.45, 2.75) is 19.8 Å². The lowest BCUT2D eigenvalue weighted by Gasteiger charge is -1.95. The van der Waals surface area contributed by atoms with Gasteiger partial charge in [-0.3, -0.25) is 0 Å². The highest BCUT2D eigenvalue weighted by Gasteiger charge is 1.99. The lowest BCUT2D eigenvalue weighted by atomic mass is 10.1. The van der Waals surface area contributed by atoms with E-state index in [2.05, 4.69) is 13.0 Å². The summed E-state index contributed by atoms with van der Waals surface area (Å²) in [6, 6.07) is 6.87. The molecule has 0 atom stereocenters. The smallest absolute Gasteiger partial charge is 0.335 e. The van der Waals surface area contributed by atoms with Crippen molar-refractivity contribution in [3.05, 3.63) is 41.5 Å². The Hall–Kier alpha value is -1.57. The van der Waals surface area contributed by atoms with Crippen molar-refractivity contribution in [1.29, 1.82) is 0 Å². The summed E-state index contributed by atoms with van der Waals surface area (Å²) in [7, 11) is 0.